The summed E-state index contributed by atoms with van der Waals surface area (Å²) >= 11 is 0. The summed E-state index contributed by atoms with van der Waals surface area (Å²) in [5.74, 6) is 0. The fourth-order valence-corrected chi connectivity index (χ4v) is 0. The first kappa shape index (κ1) is 9.38. The van der Waals surface area contributed by atoms with Crippen molar-refractivity contribution in [3.63, 3.8) is 0 Å². The predicted octanol–water partition coefficient (Wildman–Crippen LogP) is 0.506. The minimum absolute atomic E-state index is 0. The van der Waals surface area contributed by atoms with Gasteiger partial charge in [0.2, 0.25) is 0 Å². The summed E-state index contributed by atoms with van der Waals surface area (Å²) in [5.41, 5.74) is 0. The second-order valence-corrected chi connectivity index (χ2v) is 0.498. The molecule has 26 valence electrons. The van der Waals surface area contributed by atoms with Crippen LogP contribution < -0.4 is 0 Å². The minimum Gasteiger partial charge on any atom is -0.542 e. The molecule has 0 aliphatic rings. The van der Waals surface area contributed by atoms with Gasteiger partial charge in [0.15, 0.2) is 0 Å². The first-order chi connectivity index (χ1) is 1.91. The van der Waals surface area contributed by atoms with Crippen molar-refractivity contribution < 1.29 is 4.79 Å². The molecular formula is C3H5ORf-. The van der Waals surface area contributed by atoms with Gasteiger partial charge in [-0.25, -0.2) is 0 Å². The van der Waals surface area contributed by atoms with Gasteiger partial charge in [0.05, 0.1) is 0 Å². The quantitative estimate of drug-likeness (QED) is 0.643. The van der Waals surface area contributed by atoms with Crippen molar-refractivity contribution >= 4 is 6.29 Å². The molecule has 0 N–H and O–H groups in total. The molecule has 0 saturated carbocycles. The van der Waals surface area contributed by atoms with Gasteiger partial charge < -0.3 is 4.79 Å². The molecule has 0 spiro atoms. The average molecular weight is 324 g/mol. The third-order valence-electron chi connectivity index (χ3n) is 0.144. The summed E-state index contributed by atoms with van der Waals surface area (Å²) in [5, 5.41) is 0. The molecule has 0 amide bonds. The topological polar surface area (TPSA) is 17.1 Å². The van der Waals surface area contributed by atoms with Crippen LogP contribution in [0.1, 0.15) is 13.3 Å². The average Bonchev–Trinajstić information content (AvgIpc) is 1.37. The molecule has 0 aliphatic heterocycles. The fraction of sp³-hybridized carbons (Fsp3) is 0.667. The Labute approximate surface area is 25.6 Å². The van der Waals surface area contributed by atoms with E-state index in [1.807, 2.05) is 0 Å². The summed E-state index contributed by atoms with van der Waals surface area (Å²) in [6.45, 7) is 1.76. The second-order valence-electron chi connectivity index (χ2n) is 0.498. The Bertz CT molecular complexity index is 20.9. The van der Waals surface area contributed by atoms with Gasteiger partial charge in [-0.2, -0.15) is 6.42 Å². The summed E-state index contributed by atoms with van der Waals surface area (Å²) < 4.78 is 0. The van der Waals surface area contributed by atoms with Crippen molar-refractivity contribution in [2.24, 2.45) is 0 Å². The number of hydrogen-bond acceptors (Lipinski definition) is 1. The van der Waals surface area contributed by atoms with Crippen LogP contribution in [0.5, 0.6) is 0 Å². The molecule has 0 aromatic heterocycles. The number of rotatable bonds is 1. The fourth-order valence-electron chi connectivity index (χ4n) is 0. The maximum absolute atomic E-state index is 9.05. The predicted molar refractivity (Wildman–Crippen MR) is 16.0 cm³/mol. The summed E-state index contributed by atoms with van der Waals surface area (Å²) in [7, 11) is 0. The summed E-state index contributed by atoms with van der Waals surface area (Å²) in [6.07, 6.45) is 2.19. The molecular weight excluding hydrogens is 319 g/mol. The van der Waals surface area contributed by atoms with Crippen LogP contribution in [-0.2, 0) is 4.79 Å². The molecule has 0 radical (unpaired) electrons. The van der Waals surface area contributed by atoms with Gasteiger partial charge in [0, 0.05) is 0 Å². The largest absolute Gasteiger partial charge is 0.542 e. The van der Waals surface area contributed by atoms with Gasteiger partial charge in [-0.05, 0) is 0 Å². The molecule has 5 heavy (non-hydrogen) atoms. The van der Waals surface area contributed by atoms with Crippen LogP contribution in [0.25, 0.3) is 0 Å². The Balaban J connectivity index is 0. The maximum Gasteiger partial charge on any atom is 0 e. The Morgan fingerprint density at radius 1 is 1.80 bits per heavy atom. The second kappa shape index (κ2) is 16.6. The number of hydrogen-bond donors (Lipinski definition) is 0. The van der Waals surface area contributed by atoms with E-state index in [0.29, 0.717) is 6.42 Å². The molecule has 0 aromatic rings. The molecule has 0 aromatic carbocycles. The Morgan fingerprint density at radius 3 is 2.00 bits per heavy atom. The van der Waals surface area contributed by atoms with Crippen molar-refractivity contribution in [3.05, 3.63) is 0 Å². The molecule has 0 heterocycles. The smallest absolute Gasteiger partial charge is 0 e. The Morgan fingerprint density at radius 2 is 2.00 bits per heavy atom. The van der Waals surface area contributed by atoms with E-state index in [9.17, 15) is 0 Å². The van der Waals surface area contributed by atoms with E-state index < -0.39 is 0 Å². The zero-order valence-corrected chi connectivity index (χ0v) is 9.72. The molecule has 0 aliphatic carbocycles. The van der Waals surface area contributed by atoms with Crippen molar-refractivity contribution in [2.45, 2.75) is 13.3 Å². The van der Waals surface area contributed by atoms with Gasteiger partial charge in [0.1, 0.15) is 0 Å². The van der Waals surface area contributed by atoms with E-state index >= 15 is 0 Å². The monoisotopic (exact) mass is 324 g/mol. The van der Waals surface area contributed by atoms with Crippen LogP contribution in [-0.4, -0.2) is 6.29 Å². The van der Waals surface area contributed by atoms with E-state index in [2.05, 4.69) is 0 Å². The van der Waals surface area contributed by atoms with Crippen molar-refractivity contribution in [1.29, 1.82) is 0 Å². The molecule has 0 bridgehead atoms. The van der Waals surface area contributed by atoms with Crippen LogP contribution in [0.2, 0.25) is 0 Å². The van der Waals surface area contributed by atoms with Crippen LogP contribution in [0.3, 0.4) is 0 Å². The van der Waals surface area contributed by atoms with Gasteiger partial charge in [-0.15, -0.1) is 0 Å². The SMILES string of the molecule is CC[C-]=O.[Rf]. The molecule has 0 saturated heterocycles. The first-order valence-corrected chi connectivity index (χ1v) is 1.26. The molecule has 0 atom stereocenters. The van der Waals surface area contributed by atoms with E-state index in [4.69, 9.17) is 4.79 Å². The molecule has 1 nitrogen and oxygen atoms in total. The van der Waals surface area contributed by atoms with E-state index in [1.165, 1.54) is 0 Å². The third-order valence-corrected chi connectivity index (χ3v) is 0.144. The minimum atomic E-state index is 0. The molecule has 0 fully saturated rings. The van der Waals surface area contributed by atoms with Crippen molar-refractivity contribution in [1.82, 2.24) is 0 Å². The van der Waals surface area contributed by atoms with Crippen LogP contribution in [0.15, 0.2) is 0 Å². The zero-order chi connectivity index (χ0) is 3.41. The van der Waals surface area contributed by atoms with E-state index in [1.54, 1.807) is 13.2 Å². The van der Waals surface area contributed by atoms with Gasteiger partial charge >= 0.3 is 0 Å². The standard InChI is InChI=1S/C3H5O.Rf/c1-2-3-4;/h2H2,1H3;/q-1;. The van der Waals surface area contributed by atoms with Crippen LogP contribution >= 0.6 is 0 Å². The van der Waals surface area contributed by atoms with Gasteiger partial charge in [0.25, 0.3) is 0 Å². The van der Waals surface area contributed by atoms with E-state index in [0.717, 1.165) is 0 Å². The third kappa shape index (κ3) is 11.0. The zero-order valence-electron chi connectivity index (χ0n) is 3.32. The summed E-state index contributed by atoms with van der Waals surface area (Å²) in [6, 6.07) is 0. The normalized spacial score (nSPS) is 5.00. The molecule has 0 unspecified atom stereocenters. The van der Waals surface area contributed by atoms with E-state index in [-0.39, 0.29) is 0 Å². The van der Waals surface area contributed by atoms with Crippen LogP contribution in [0, 0.1) is 0 Å². The van der Waals surface area contributed by atoms with Crippen LogP contribution in [0.4, 0.5) is 0 Å². The molecule has 0 rings (SSSR count). The first-order valence-electron chi connectivity index (χ1n) is 1.26. The summed E-state index contributed by atoms with van der Waals surface area (Å²) in [4.78, 5) is 9.05. The Kier molecular flexibility index (Phi) is 31.1. The Hall–Kier alpha value is -1.33. The van der Waals surface area contributed by atoms with Crippen molar-refractivity contribution in [3.8, 4) is 0 Å². The molecule has 2 heteroatoms. The number of carbonyl (C=O) groups excluding carboxylic acids is 1. The van der Waals surface area contributed by atoms with Gasteiger partial charge in [-0.3, -0.25) is 6.29 Å². The maximum atomic E-state index is 9.05. The van der Waals surface area contributed by atoms with Crippen molar-refractivity contribution in [2.75, 3.05) is 0 Å². The van der Waals surface area contributed by atoms with Gasteiger partial charge in [-0.1, -0.05) is 6.92 Å².